The fourth-order valence-electron chi connectivity index (χ4n) is 2.31. The molecule has 0 aromatic heterocycles. The summed E-state index contributed by atoms with van der Waals surface area (Å²) in [5.41, 5.74) is 5.36. The van der Waals surface area contributed by atoms with Crippen molar-refractivity contribution in [1.29, 1.82) is 0 Å². The second-order valence-corrected chi connectivity index (χ2v) is 5.95. The van der Waals surface area contributed by atoms with Crippen molar-refractivity contribution >= 4 is 29.8 Å². The Balaban J connectivity index is 5.03. The average molecular weight is 406 g/mol. The molecule has 0 unspecified atom stereocenters. The van der Waals surface area contributed by atoms with E-state index in [9.17, 15) is 24.0 Å². The molecule has 0 rings (SSSR count). The molecule has 0 aliphatic carbocycles. The minimum absolute atomic E-state index is 0.0900. The molecule has 0 aromatic carbocycles. The van der Waals surface area contributed by atoms with Gasteiger partial charge in [0.2, 0.25) is 5.91 Å². The van der Waals surface area contributed by atoms with Crippen LogP contribution in [0.3, 0.4) is 0 Å². The number of nitrogens with zero attached hydrogens (tertiary/aromatic N) is 3. The van der Waals surface area contributed by atoms with Crippen molar-refractivity contribution in [2.75, 3.05) is 58.9 Å². The molecule has 13 heteroatoms. The van der Waals surface area contributed by atoms with E-state index < -0.39 is 62.5 Å². The number of nitrogens with two attached hydrogens (primary N) is 1. The van der Waals surface area contributed by atoms with Crippen LogP contribution in [-0.2, 0) is 24.0 Å². The highest BCUT2D eigenvalue weighted by atomic mass is 16.4. The van der Waals surface area contributed by atoms with Gasteiger partial charge in [-0.2, -0.15) is 0 Å². The van der Waals surface area contributed by atoms with E-state index >= 15 is 0 Å². The van der Waals surface area contributed by atoms with E-state index in [4.69, 9.17) is 26.2 Å². The lowest BCUT2D eigenvalue weighted by atomic mass is 10.3. The van der Waals surface area contributed by atoms with E-state index in [0.717, 1.165) is 9.80 Å². The molecule has 0 radical (unpaired) electrons. The third-order valence-corrected chi connectivity index (χ3v) is 3.48. The maximum atomic E-state index is 12.4. The summed E-state index contributed by atoms with van der Waals surface area (Å²) in [6, 6.07) is 0. The topological polar surface area (TPSA) is 202 Å². The zero-order valence-corrected chi connectivity index (χ0v) is 15.3. The second-order valence-electron chi connectivity index (χ2n) is 5.95. The van der Waals surface area contributed by atoms with Gasteiger partial charge in [0.1, 0.15) is 6.54 Å². The molecule has 28 heavy (non-hydrogen) atoms. The molecule has 0 atom stereocenters. The molecule has 0 bridgehead atoms. The number of amides is 1. The van der Waals surface area contributed by atoms with Gasteiger partial charge in [-0.15, -0.1) is 0 Å². The Kier molecular flexibility index (Phi) is 12.1. The summed E-state index contributed by atoms with van der Waals surface area (Å²) in [5, 5.41) is 35.6. The average Bonchev–Trinajstić information content (AvgIpc) is 2.54. The van der Waals surface area contributed by atoms with Crippen molar-refractivity contribution in [3.63, 3.8) is 0 Å². The number of hydrogen-bond acceptors (Lipinski definition) is 8. The van der Waals surface area contributed by atoms with E-state index in [2.05, 4.69) is 0 Å². The summed E-state index contributed by atoms with van der Waals surface area (Å²) in [5.74, 6) is -5.61. The summed E-state index contributed by atoms with van der Waals surface area (Å²) < 4.78 is 0. The van der Waals surface area contributed by atoms with Gasteiger partial charge in [0, 0.05) is 19.6 Å². The predicted octanol–water partition coefficient (Wildman–Crippen LogP) is -2.89. The number of carbonyl (C=O) groups is 5. The number of aliphatic carboxylic acids is 4. The second kappa shape index (κ2) is 13.4. The van der Waals surface area contributed by atoms with Crippen molar-refractivity contribution in [1.82, 2.24) is 14.7 Å². The maximum Gasteiger partial charge on any atom is 0.323 e. The standard InChI is InChI=1S/C15H26N4O9/c16-2-1-3-19(10-15(27)28)11(20)6-17(7-12(21)22)4-5-18(8-13(23)24)9-14(25)26/h1-10,16H2,(H,21,22)(H,23,24)(H,25,26)(H,27,28). The van der Waals surface area contributed by atoms with Crippen LogP contribution in [0.5, 0.6) is 0 Å². The Hall–Kier alpha value is -2.77. The number of hydrogen-bond donors (Lipinski definition) is 5. The van der Waals surface area contributed by atoms with E-state index in [1.165, 1.54) is 4.90 Å². The molecular formula is C15H26N4O9. The van der Waals surface area contributed by atoms with Crippen molar-refractivity contribution in [2.45, 2.75) is 6.42 Å². The van der Waals surface area contributed by atoms with Gasteiger partial charge >= 0.3 is 23.9 Å². The summed E-state index contributed by atoms with van der Waals surface area (Å²) in [4.78, 5) is 59.2. The van der Waals surface area contributed by atoms with Gasteiger partial charge in [0.15, 0.2) is 0 Å². The first-order valence-electron chi connectivity index (χ1n) is 8.34. The first-order valence-corrected chi connectivity index (χ1v) is 8.34. The third kappa shape index (κ3) is 12.6. The van der Waals surface area contributed by atoms with Crippen LogP contribution in [0, 0.1) is 0 Å². The first kappa shape index (κ1) is 25.2. The van der Waals surface area contributed by atoms with E-state index in [1.807, 2.05) is 0 Å². The summed E-state index contributed by atoms with van der Waals surface area (Å²) >= 11 is 0. The number of carboxylic acids is 4. The summed E-state index contributed by atoms with van der Waals surface area (Å²) in [7, 11) is 0. The van der Waals surface area contributed by atoms with Crippen LogP contribution >= 0.6 is 0 Å². The van der Waals surface area contributed by atoms with Crippen LogP contribution in [-0.4, -0.2) is 124 Å². The largest absolute Gasteiger partial charge is 0.480 e. The Morgan fingerprint density at radius 2 is 1.00 bits per heavy atom. The van der Waals surface area contributed by atoms with Crippen LogP contribution in [0.4, 0.5) is 0 Å². The fraction of sp³-hybridized carbons (Fsp3) is 0.667. The molecule has 0 aromatic rings. The highest BCUT2D eigenvalue weighted by Crippen LogP contribution is 1.99. The van der Waals surface area contributed by atoms with Crippen molar-refractivity contribution < 1.29 is 44.4 Å². The lowest BCUT2D eigenvalue weighted by Crippen LogP contribution is -2.47. The number of carbonyl (C=O) groups excluding carboxylic acids is 1. The van der Waals surface area contributed by atoms with E-state index in [1.54, 1.807) is 0 Å². The Labute approximate surface area is 160 Å². The minimum atomic E-state index is -1.25. The van der Waals surface area contributed by atoms with Gasteiger partial charge in [-0.1, -0.05) is 0 Å². The van der Waals surface area contributed by atoms with Gasteiger partial charge in [-0.05, 0) is 13.0 Å². The van der Waals surface area contributed by atoms with E-state index in [0.29, 0.717) is 6.42 Å². The highest BCUT2D eigenvalue weighted by molar-refractivity contribution is 5.83. The fourth-order valence-corrected chi connectivity index (χ4v) is 2.31. The van der Waals surface area contributed by atoms with Crippen LogP contribution < -0.4 is 5.73 Å². The number of carboxylic acid groups (broad SMARTS) is 4. The monoisotopic (exact) mass is 406 g/mol. The van der Waals surface area contributed by atoms with Crippen LogP contribution in [0.2, 0.25) is 0 Å². The van der Waals surface area contributed by atoms with Gasteiger partial charge in [0.05, 0.1) is 26.2 Å². The lowest BCUT2D eigenvalue weighted by Gasteiger charge is -2.27. The maximum absolute atomic E-state index is 12.4. The SMILES string of the molecule is NCCCN(CC(=O)O)C(=O)CN(CCN(CC(=O)O)CC(=O)O)CC(=O)O. The molecule has 0 spiro atoms. The molecular weight excluding hydrogens is 380 g/mol. The van der Waals surface area contributed by atoms with Crippen molar-refractivity contribution in [2.24, 2.45) is 5.73 Å². The van der Waals surface area contributed by atoms with Gasteiger partial charge in [-0.3, -0.25) is 33.8 Å². The molecule has 13 nitrogen and oxygen atoms in total. The van der Waals surface area contributed by atoms with Gasteiger partial charge in [-0.25, -0.2) is 0 Å². The molecule has 160 valence electrons. The Morgan fingerprint density at radius 3 is 1.36 bits per heavy atom. The molecule has 6 N–H and O–H groups in total. The van der Waals surface area contributed by atoms with Gasteiger partial charge < -0.3 is 31.1 Å². The quantitative estimate of drug-likeness (QED) is 0.175. The zero-order valence-electron chi connectivity index (χ0n) is 15.3. The first-order chi connectivity index (χ1) is 13.0. The normalized spacial score (nSPS) is 10.8. The number of rotatable bonds is 16. The zero-order chi connectivity index (χ0) is 21.7. The minimum Gasteiger partial charge on any atom is -0.480 e. The Bertz CT molecular complexity index is 554. The molecule has 0 heterocycles. The molecule has 1 amide bonds. The highest BCUT2D eigenvalue weighted by Gasteiger charge is 2.22. The van der Waals surface area contributed by atoms with Crippen LogP contribution in [0.1, 0.15) is 6.42 Å². The third-order valence-electron chi connectivity index (χ3n) is 3.48. The van der Waals surface area contributed by atoms with Crippen LogP contribution in [0.25, 0.3) is 0 Å². The molecule has 0 fully saturated rings. The van der Waals surface area contributed by atoms with E-state index in [-0.39, 0.29) is 26.2 Å². The molecule has 0 saturated heterocycles. The summed E-state index contributed by atoms with van der Waals surface area (Å²) in [6.07, 6.45) is 0.364. The van der Waals surface area contributed by atoms with Gasteiger partial charge in [0.25, 0.3) is 0 Å². The molecule has 0 aliphatic rings. The summed E-state index contributed by atoms with van der Waals surface area (Å²) in [6.45, 7) is -2.56. The predicted molar refractivity (Wildman–Crippen MR) is 93.7 cm³/mol. The molecule has 0 saturated carbocycles. The smallest absolute Gasteiger partial charge is 0.323 e. The van der Waals surface area contributed by atoms with Crippen molar-refractivity contribution in [3.05, 3.63) is 0 Å². The van der Waals surface area contributed by atoms with Crippen molar-refractivity contribution in [3.8, 4) is 0 Å². The molecule has 0 aliphatic heterocycles. The Morgan fingerprint density at radius 1 is 0.607 bits per heavy atom. The lowest BCUT2D eigenvalue weighted by molar-refractivity contribution is -0.146. The van der Waals surface area contributed by atoms with Crippen LogP contribution in [0.15, 0.2) is 0 Å².